The van der Waals surface area contributed by atoms with Gasteiger partial charge < -0.3 is 15.8 Å². The number of primary amides is 1. The molecule has 2 aromatic rings. The maximum atomic E-state index is 13.6. The molecule has 2 aromatic carbocycles. The third kappa shape index (κ3) is 7.58. The summed E-state index contributed by atoms with van der Waals surface area (Å²) in [5, 5.41) is 3.14. The Hall–Kier alpha value is -3.41. The molecular formula is C28H33FN2O3. The largest absolute Gasteiger partial charge is 0.489 e. The van der Waals surface area contributed by atoms with Gasteiger partial charge in [0.2, 0.25) is 5.91 Å². The number of nitrogens with one attached hydrogen (secondary N) is 1. The fourth-order valence-electron chi connectivity index (χ4n) is 3.94. The SMILES string of the molecule is CC(C)CC(NC(=O)c1cc(COc2ccccc2)ccc1CCC(N)=O)C1=CCC(F)C=C1. The first-order chi connectivity index (χ1) is 16.3. The zero-order valence-corrected chi connectivity index (χ0v) is 19.8. The molecule has 34 heavy (non-hydrogen) atoms. The van der Waals surface area contributed by atoms with Crippen LogP contribution in [-0.4, -0.2) is 24.0 Å². The zero-order chi connectivity index (χ0) is 24.5. The van der Waals surface area contributed by atoms with Crippen molar-refractivity contribution in [3.8, 4) is 5.75 Å². The van der Waals surface area contributed by atoms with Crippen molar-refractivity contribution >= 4 is 11.8 Å². The van der Waals surface area contributed by atoms with Gasteiger partial charge in [-0.05, 0) is 53.7 Å². The first-order valence-corrected chi connectivity index (χ1v) is 11.7. The number of ether oxygens (including phenoxy) is 1. The number of carbonyl (C=O) groups is 2. The summed E-state index contributed by atoms with van der Waals surface area (Å²) in [4.78, 5) is 24.8. The molecule has 6 heteroatoms. The van der Waals surface area contributed by atoms with E-state index in [1.807, 2.05) is 54.6 Å². The number of aryl methyl sites for hydroxylation is 1. The van der Waals surface area contributed by atoms with Crippen molar-refractivity contribution in [2.75, 3.05) is 0 Å². The van der Waals surface area contributed by atoms with Crippen LogP contribution in [0.3, 0.4) is 0 Å². The van der Waals surface area contributed by atoms with Gasteiger partial charge in [0, 0.05) is 18.4 Å². The smallest absolute Gasteiger partial charge is 0.252 e. The van der Waals surface area contributed by atoms with E-state index >= 15 is 0 Å². The first kappa shape index (κ1) is 25.2. The lowest BCUT2D eigenvalue weighted by molar-refractivity contribution is -0.118. The van der Waals surface area contributed by atoms with Crippen molar-refractivity contribution in [1.29, 1.82) is 0 Å². The molecule has 0 bridgehead atoms. The van der Waals surface area contributed by atoms with Crippen LogP contribution in [-0.2, 0) is 17.8 Å². The summed E-state index contributed by atoms with van der Waals surface area (Å²) >= 11 is 0. The van der Waals surface area contributed by atoms with E-state index in [1.165, 1.54) is 6.08 Å². The zero-order valence-electron chi connectivity index (χ0n) is 19.8. The molecule has 1 aliphatic carbocycles. The van der Waals surface area contributed by atoms with Gasteiger partial charge >= 0.3 is 0 Å². The number of amides is 2. The van der Waals surface area contributed by atoms with Crippen molar-refractivity contribution in [1.82, 2.24) is 5.32 Å². The van der Waals surface area contributed by atoms with Gasteiger partial charge in [0.25, 0.3) is 5.91 Å². The summed E-state index contributed by atoms with van der Waals surface area (Å²) in [6.45, 7) is 4.48. The van der Waals surface area contributed by atoms with Crippen LogP contribution >= 0.6 is 0 Å². The second-order valence-electron chi connectivity index (χ2n) is 9.03. The quantitative estimate of drug-likeness (QED) is 0.488. The molecule has 2 atom stereocenters. The molecule has 0 saturated heterocycles. The molecule has 0 saturated carbocycles. The third-order valence-electron chi connectivity index (χ3n) is 5.70. The molecule has 0 radical (unpaired) electrons. The molecule has 0 heterocycles. The molecule has 0 spiro atoms. The summed E-state index contributed by atoms with van der Waals surface area (Å²) in [6.07, 6.45) is 5.74. The minimum atomic E-state index is -0.985. The van der Waals surface area contributed by atoms with Crippen LogP contribution in [0.15, 0.2) is 72.3 Å². The minimum absolute atomic E-state index is 0.154. The standard InChI is InChI=1S/C28H33FN2O3/c1-19(2)16-26(22-10-13-23(29)14-11-22)31-28(33)25-17-20(8-9-21(25)12-15-27(30)32)18-34-24-6-4-3-5-7-24/h3-11,13,17,19,23,26H,12,14-16,18H2,1-2H3,(H2,30,32)(H,31,33). The lowest BCUT2D eigenvalue weighted by Crippen LogP contribution is -2.38. The van der Waals surface area contributed by atoms with E-state index in [0.29, 0.717) is 30.9 Å². The van der Waals surface area contributed by atoms with Crippen LogP contribution in [0.2, 0.25) is 0 Å². The Morgan fingerprint density at radius 3 is 2.59 bits per heavy atom. The second-order valence-corrected chi connectivity index (χ2v) is 9.03. The summed E-state index contributed by atoms with van der Waals surface area (Å²) in [5.41, 5.74) is 8.35. The van der Waals surface area contributed by atoms with Crippen LogP contribution in [0.25, 0.3) is 0 Å². The molecule has 5 nitrogen and oxygen atoms in total. The molecule has 2 unspecified atom stereocenters. The molecule has 0 aliphatic heterocycles. The van der Waals surface area contributed by atoms with E-state index in [-0.39, 0.29) is 18.4 Å². The summed E-state index contributed by atoms with van der Waals surface area (Å²) in [5.74, 6) is 0.426. The molecular weight excluding hydrogens is 431 g/mol. The Bertz CT molecular complexity index is 1050. The number of nitrogens with two attached hydrogens (primary N) is 1. The highest BCUT2D eigenvalue weighted by molar-refractivity contribution is 5.96. The van der Waals surface area contributed by atoms with E-state index in [2.05, 4.69) is 19.2 Å². The Balaban J connectivity index is 1.82. The van der Waals surface area contributed by atoms with Gasteiger partial charge in [-0.1, -0.05) is 62.4 Å². The first-order valence-electron chi connectivity index (χ1n) is 11.7. The number of hydrogen-bond acceptors (Lipinski definition) is 3. The van der Waals surface area contributed by atoms with E-state index in [4.69, 9.17) is 10.5 Å². The van der Waals surface area contributed by atoms with Crippen molar-refractivity contribution in [2.24, 2.45) is 11.7 Å². The Morgan fingerprint density at radius 1 is 1.18 bits per heavy atom. The number of alkyl halides is 1. The predicted octanol–water partition coefficient (Wildman–Crippen LogP) is 5.05. The molecule has 3 rings (SSSR count). The highest BCUT2D eigenvalue weighted by Gasteiger charge is 2.22. The second kappa shape index (κ2) is 12.2. The van der Waals surface area contributed by atoms with Gasteiger partial charge in [-0.25, -0.2) is 4.39 Å². The fraction of sp³-hybridized carbons (Fsp3) is 0.357. The number of allylic oxidation sites excluding steroid dienone is 2. The number of benzene rings is 2. The molecule has 0 aromatic heterocycles. The number of rotatable bonds is 11. The van der Waals surface area contributed by atoms with Gasteiger partial charge in [0.05, 0.1) is 6.04 Å². The van der Waals surface area contributed by atoms with E-state index in [0.717, 1.165) is 28.9 Å². The van der Waals surface area contributed by atoms with Gasteiger partial charge in [-0.15, -0.1) is 0 Å². The van der Waals surface area contributed by atoms with E-state index in [9.17, 15) is 14.0 Å². The topological polar surface area (TPSA) is 81.4 Å². The number of para-hydroxylation sites is 1. The van der Waals surface area contributed by atoms with Crippen molar-refractivity contribution in [3.63, 3.8) is 0 Å². The number of carbonyl (C=O) groups excluding carboxylic acids is 2. The fourth-order valence-corrected chi connectivity index (χ4v) is 3.94. The lowest BCUT2D eigenvalue weighted by Gasteiger charge is -2.25. The van der Waals surface area contributed by atoms with Gasteiger partial charge in [0.15, 0.2) is 0 Å². The molecule has 0 fully saturated rings. The summed E-state index contributed by atoms with van der Waals surface area (Å²) < 4.78 is 19.4. The average Bonchev–Trinajstić information content (AvgIpc) is 2.82. The monoisotopic (exact) mass is 464 g/mol. The molecule has 180 valence electrons. The highest BCUT2D eigenvalue weighted by Crippen LogP contribution is 2.22. The maximum absolute atomic E-state index is 13.6. The van der Waals surface area contributed by atoms with E-state index in [1.54, 1.807) is 6.08 Å². The Morgan fingerprint density at radius 2 is 1.94 bits per heavy atom. The molecule has 1 aliphatic rings. The summed E-state index contributed by atoms with van der Waals surface area (Å²) in [7, 11) is 0. The van der Waals surface area contributed by atoms with Gasteiger partial charge in [-0.3, -0.25) is 9.59 Å². The van der Waals surface area contributed by atoms with Gasteiger partial charge in [0.1, 0.15) is 18.5 Å². The lowest BCUT2D eigenvalue weighted by atomic mass is 9.92. The normalized spacial score (nSPS) is 16.1. The number of hydrogen-bond donors (Lipinski definition) is 2. The highest BCUT2D eigenvalue weighted by atomic mass is 19.1. The number of halogens is 1. The van der Waals surface area contributed by atoms with Crippen LogP contribution in [0.5, 0.6) is 5.75 Å². The molecule has 3 N–H and O–H groups in total. The predicted molar refractivity (Wildman–Crippen MR) is 132 cm³/mol. The maximum Gasteiger partial charge on any atom is 0.252 e. The third-order valence-corrected chi connectivity index (χ3v) is 5.70. The van der Waals surface area contributed by atoms with Crippen LogP contribution in [0, 0.1) is 5.92 Å². The average molecular weight is 465 g/mol. The van der Waals surface area contributed by atoms with Crippen molar-refractivity contribution in [2.45, 2.75) is 58.4 Å². The van der Waals surface area contributed by atoms with E-state index < -0.39 is 12.1 Å². The molecule has 2 amide bonds. The van der Waals surface area contributed by atoms with Crippen molar-refractivity contribution in [3.05, 3.63) is 89.0 Å². The Labute approximate surface area is 200 Å². The van der Waals surface area contributed by atoms with Crippen LogP contribution in [0.4, 0.5) is 4.39 Å². The van der Waals surface area contributed by atoms with Crippen LogP contribution in [0.1, 0.15) is 54.6 Å². The minimum Gasteiger partial charge on any atom is -0.489 e. The summed E-state index contributed by atoms with van der Waals surface area (Å²) in [6, 6.07) is 14.8. The van der Waals surface area contributed by atoms with Gasteiger partial charge in [-0.2, -0.15) is 0 Å². The van der Waals surface area contributed by atoms with Crippen molar-refractivity contribution < 1.29 is 18.7 Å². The van der Waals surface area contributed by atoms with Crippen LogP contribution < -0.4 is 15.8 Å². The Kier molecular flexibility index (Phi) is 9.02.